The van der Waals surface area contributed by atoms with Gasteiger partial charge in [-0.2, -0.15) is 13.2 Å². The zero-order valence-electron chi connectivity index (χ0n) is 16.0. The van der Waals surface area contributed by atoms with Gasteiger partial charge in [-0.15, -0.1) is 0 Å². The Bertz CT molecular complexity index is 1160. The lowest BCUT2D eigenvalue weighted by atomic mass is 10.1. The second kappa shape index (κ2) is 8.42. The fourth-order valence-corrected chi connectivity index (χ4v) is 2.71. The molecule has 160 valence electrons. The molecule has 0 spiro atoms. The maximum absolute atomic E-state index is 13.7. The van der Waals surface area contributed by atoms with Crippen molar-refractivity contribution in [2.75, 3.05) is 10.6 Å². The first kappa shape index (κ1) is 21.8. The van der Waals surface area contributed by atoms with Crippen LogP contribution >= 0.6 is 0 Å². The molecular formula is C21H16F4N4O2. The number of pyridine rings is 1. The van der Waals surface area contributed by atoms with Gasteiger partial charge in [-0.3, -0.25) is 9.59 Å². The van der Waals surface area contributed by atoms with Crippen molar-refractivity contribution in [2.24, 2.45) is 5.73 Å². The van der Waals surface area contributed by atoms with Crippen LogP contribution in [0.25, 0.3) is 0 Å². The summed E-state index contributed by atoms with van der Waals surface area (Å²) in [4.78, 5) is 28.2. The Morgan fingerprint density at radius 2 is 1.71 bits per heavy atom. The molecule has 0 saturated carbocycles. The minimum Gasteiger partial charge on any atom is -0.366 e. The molecule has 0 aliphatic rings. The van der Waals surface area contributed by atoms with Gasteiger partial charge in [0, 0.05) is 17.4 Å². The van der Waals surface area contributed by atoms with Crippen LogP contribution in [0.1, 0.15) is 31.8 Å². The Morgan fingerprint density at radius 3 is 2.35 bits per heavy atom. The number of anilines is 3. The SMILES string of the molecule is Cc1ccccc1Nc1ncc(C(N)=O)cc1NC(=O)c1cc(F)cc(C(F)(F)F)c1. The lowest BCUT2D eigenvalue weighted by Gasteiger charge is -2.15. The highest BCUT2D eigenvalue weighted by atomic mass is 19.4. The smallest absolute Gasteiger partial charge is 0.366 e. The van der Waals surface area contributed by atoms with Crippen LogP contribution in [-0.2, 0) is 6.18 Å². The summed E-state index contributed by atoms with van der Waals surface area (Å²) in [5, 5.41) is 5.34. The molecule has 3 aromatic rings. The molecule has 10 heteroatoms. The van der Waals surface area contributed by atoms with Crippen molar-refractivity contribution >= 4 is 29.0 Å². The number of aryl methyl sites for hydroxylation is 1. The molecular weight excluding hydrogens is 416 g/mol. The average molecular weight is 432 g/mol. The van der Waals surface area contributed by atoms with Crippen molar-refractivity contribution in [3.05, 3.63) is 82.8 Å². The second-order valence-electron chi connectivity index (χ2n) is 6.60. The van der Waals surface area contributed by atoms with E-state index in [1.54, 1.807) is 12.1 Å². The lowest BCUT2D eigenvalue weighted by molar-refractivity contribution is -0.137. The number of carbonyl (C=O) groups is 2. The number of alkyl halides is 3. The van der Waals surface area contributed by atoms with Crippen molar-refractivity contribution in [3.63, 3.8) is 0 Å². The Kier molecular flexibility index (Phi) is 5.91. The fraction of sp³-hybridized carbons (Fsp3) is 0.0952. The molecule has 0 atom stereocenters. The number of nitrogens with zero attached hydrogens (tertiary/aromatic N) is 1. The summed E-state index contributed by atoms with van der Waals surface area (Å²) in [7, 11) is 0. The van der Waals surface area contributed by atoms with Crippen molar-refractivity contribution in [1.82, 2.24) is 4.98 Å². The number of aromatic nitrogens is 1. The first-order valence-corrected chi connectivity index (χ1v) is 8.86. The molecule has 6 nitrogen and oxygen atoms in total. The summed E-state index contributed by atoms with van der Waals surface area (Å²) in [6.07, 6.45) is -3.65. The molecule has 0 aliphatic carbocycles. The summed E-state index contributed by atoms with van der Waals surface area (Å²) < 4.78 is 52.5. The van der Waals surface area contributed by atoms with E-state index in [4.69, 9.17) is 5.73 Å². The van der Waals surface area contributed by atoms with Gasteiger partial charge in [-0.25, -0.2) is 9.37 Å². The van der Waals surface area contributed by atoms with E-state index in [1.807, 2.05) is 19.1 Å². The maximum Gasteiger partial charge on any atom is 0.416 e. The van der Waals surface area contributed by atoms with Crippen LogP contribution in [0.2, 0.25) is 0 Å². The number of amides is 2. The predicted molar refractivity (Wildman–Crippen MR) is 107 cm³/mol. The minimum absolute atomic E-state index is 0.0256. The largest absolute Gasteiger partial charge is 0.416 e. The Balaban J connectivity index is 1.98. The average Bonchev–Trinajstić information content (AvgIpc) is 2.69. The lowest BCUT2D eigenvalue weighted by Crippen LogP contribution is -2.18. The summed E-state index contributed by atoms with van der Waals surface area (Å²) in [6.45, 7) is 1.82. The first-order valence-electron chi connectivity index (χ1n) is 8.86. The molecule has 0 fully saturated rings. The zero-order chi connectivity index (χ0) is 22.8. The molecule has 2 aromatic carbocycles. The van der Waals surface area contributed by atoms with Crippen LogP contribution in [0.5, 0.6) is 0 Å². The quantitative estimate of drug-likeness (QED) is 0.512. The summed E-state index contributed by atoms with van der Waals surface area (Å²) in [5.74, 6) is -2.96. The summed E-state index contributed by atoms with van der Waals surface area (Å²) >= 11 is 0. The molecule has 0 radical (unpaired) electrons. The van der Waals surface area contributed by atoms with Gasteiger partial charge >= 0.3 is 6.18 Å². The van der Waals surface area contributed by atoms with Gasteiger partial charge in [0.25, 0.3) is 5.91 Å². The molecule has 3 rings (SSSR count). The molecule has 0 unspecified atom stereocenters. The van der Waals surface area contributed by atoms with Crippen LogP contribution < -0.4 is 16.4 Å². The van der Waals surface area contributed by atoms with E-state index in [0.717, 1.165) is 5.56 Å². The summed E-state index contributed by atoms with van der Waals surface area (Å²) in [6, 6.07) is 9.85. The number of benzene rings is 2. The van der Waals surface area contributed by atoms with Crippen molar-refractivity contribution in [3.8, 4) is 0 Å². The highest BCUT2D eigenvalue weighted by Gasteiger charge is 2.32. The van der Waals surface area contributed by atoms with E-state index in [9.17, 15) is 27.2 Å². The minimum atomic E-state index is -4.83. The van der Waals surface area contributed by atoms with Gasteiger partial charge in [-0.05, 0) is 42.8 Å². The highest BCUT2D eigenvalue weighted by Crippen LogP contribution is 2.31. The van der Waals surface area contributed by atoms with E-state index in [0.29, 0.717) is 17.8 Å². The normalized spacial score (nSPS) is 11.1. The van der Waals surface area contributed by atoms with E-state index < -0.39 is 34.9 Å². The van der Waals surface area contributed by atoms with Crippen molar-refractivity contribution in [1.29, 1.82) is 0 Å². The third-order valence-corrected chi connectivity index (χ3v) is 4.31. The number of primary amides is 1. The van der Waals surface area contributed by atoms with Crippen LogP contribution in [0, 0.1) is 12.7 Å². The molecule has 2 amide bonds. The van der Waals surface area contributed by atoms with Crippen LogP contribution in [0.3, 0.4) is 0 Å². The van der Waals surface area contributed by atoms with E-state index in [2.05, 4.69) is 15.6 Å². The third kappa shape index (κ3) is 5.16. The van der Waals surface area contributed by atoms with E-state index in [1.165, 1.54) is 12.3 Å². The van der Waals surface area contributed by atoms with Crippen LogP contribution in [-0.4, -0.2) is 16.8 Å². The van der Waals surface area contributed by atoms with Gasteiger partial charge in [0.15, 0.2) is 5.82 Å². The number of hydrogen-bond donors (Lipinski definition) is 3. The molecule has 0 aliphatic heterocycles. The Labute approximate surface area is 174 Å². The molecule has 0 saturated heterocycles. The zero-order valence-corrected chi connectivity index (χ0v) is 16.0. The van der Waals surface area contributed by atoms with E-state index in [-0.39, 0.29) is 23.1 Å². The summed E-state index contributed by atoms with van der Waals surface area (Å²) in [5.41, 5.74) is 4.81. The van der Waals surface area contributed by atoms with Gasteiger partial charge in [-0.1, -0.05) is 18.2 Å². The number of carbonyl (C=O) groups excluding carboxylic acids is 2. The van der Waals surface area contributed by atoms with Crippen LogP contribution in [0.4, 0.5) is 34.8 Å². The first-order chi connectivity index (χ1) is 14.5. The fourth-order valence-electron chi connectivity index (χ4n) is 2.71. The maximum atomic E-state index is 13.7. The van der Waals surface area contributed by atoms with Gasteiger partial charge in [0.1, 0.15) is 5.82 Å². The van der Waals surface area contributed by atoms with Gasteiger partial charge in [0.05, 0.1) is 16.8 Å². The number of halogens is 4. The monoisotopic (exact) mass is 432 g/mol. The number of hydrogen-bond acceptors (Lipinski definition) is 4. The highest BCUT2D eigenvalue weighted by molar-refractivity contribution is 6.07. The Morgan fingerprint density at radius 1 is 1.00 bits per heavy atom. The number of para-hydroxylation sites is 1. The molecule has 31 heavy (non-hydrogen) atoms. The third-order valence-electron chi connectivity index (χ3n) is 4.31. The van der Waals surface area contributed by atoms with Crippen molar-refractivity contribution < 1.29 is 27.2 Å². The molecule has 1 aromatic heterocycles. The molecule has 1 heterocycles. The topological polar surface area (TPSA) is 97.1 Å². The van der Waals surface area contributed by atoms with Gasteiger partial charge in [0.2, 0.25) is 5.91 Å². The van der Waals surface area contributed by atoms with E-state index >= 15 is 0 Å². The molecule has 0 bridgehead atoms. The number of rotatable bonds is 5. The number of nitrogens with two attached hydrogens (primary N) is 1. The standard InChI is InChI=1S/C21H16F4N4O2/c1-11-4-2-3-5-16(11)28-19-17(8-13(10-27-19)18(26)30)29-20(31)12-6-14(21(23,24)25)9-15(22)7-12/h2-10H,1H3,(H2,26,30)(H,27,28)(H,29,31). The second-order valence-corrected chi connectivity index (χ2v) is 6.60. The van der Waals surface area contributed by atoms with Gasteiger partial charge < -0.3 is 16.4 Å². The van der Waals surface area contributed by atoms with Crippen LogP contribution in [0.15, 0.2) is 54.7 Å². The van der Waals surface area contributed by atoms with Crippen molar-refractivity contribution in [2.45, 2.75) is 13.1 Å². The number of nitrogens with one attached hydrogen (secondary N) is 2. The molecule has 4 N–H and O–H groups in total. The predicted octanol–water partition coefficient (Wildman–Crippen LogP) is 4.64. The Hall–Kier alpha value is -3.95.